The number of anilines is 2. The number of nitrogens with zero attached hydrogens (tertiary/aromatic N) is 1. The molecular weight excluding hydrogens is 757 g/mol. The van der Waals surface area contributed by atoms with Crippen LogP contribution in [0.15, 0.2) is 198 Å². The van der Waals surface area contributed by atoms with E-state index in [2.05, 4.69) is 40.2 Å². The van der Waals surface area contributed by atoms with E-state index >= 15 is 0 Å². The molecule has 0 saturated heterocycles. The second-order valence-electron chi connectivity index (χ2n) is 13.3. The summed E-state index contributed by atoms with van der Waals surface area (Å²) in [5.74, 6) is -1.08. The average Bonchev–Trinajstić information content (AvgIpc) is 3.75. The molecule has 58 heavy (non-hydrogen) atoms. The molecular formula is C49H36N4O3S2. The van der Waals surface area contributed by atoms with Crippen LogP contribution in [0.3, 0.4) is 0 Å². The quantitative estimate of drug-likeness (QED) is 0.0845. The molecule has 1 aromatic heterocycles. The molecule has 0 saturated carbocycles. The number of carbonyl (C=O) groups excluding carboxylic acids is 3. The van der Waals surface area contributed by atoms with Gasteiger partial charge in [0.05, 0.1) is 5.69 Å². The predicted octanol–water partition coefficient (Wildman–Crippen LogP) is 11.5. The number of fused-ring (bicyclic) bond motifs is 1. The van der Waals surface area contributed by atoms with Gasteiger partial charge in [-0.2, -0.15) is 0 Å². The van der Waals surface area contributed by atoms with Gasteiger partial charge in [0.2, 0.25) is 5.91 Å². The number of hydrogen-bond acceptors (Lipinski definition) is 6. The maximum Gasteiger partial charge on any atom is 0.272 e. The molecule has 8 aromatic rings. The van der Waals surface area contributed by atoms with Crippen LogP contribution in [-0.2, 0) is 9.59 Å². The summed E-state index contributed by atoms with van der Waals surface area (Å²) < 4.78 is 0. The molecule has 1 heterocycles. The normalized spacial score (nSPS) is 11.8. The topological polar surface area (TPSA) is 100 Å². The van der Waals surface area contributed by atoms with Crippen LogP contribution in [0.4, 0.5) is 10.8 Å². The highest BCUT2D eigenvalue weighted by Crippen LogP contribution is 2.37. The standard InChI is InChI=1S/C49H36N4O3S2/c54-46(38-17-8-3-9-18-38)51-43(30-33-20-22-36(23-21-33)34-12-4-1-5-13-34)47(55)50-41-26-28-42(29-27-41)58-45(37-15-6-2-7-16-37)48(56)53-49-52-44(32-57-49)40-25-24-35-14-10-11-19-39(35)31-40/h1-32,45H,(H,50,55)(H,51,54)(H,52,53,56)/b43-30-. The summed E-state index contributed by atoms with van der Waals surface area (Å²) in [6.45, 7) is 0. The van der Waals surface area contributed by atoms with Crippen LogP contribution >= 0.6 is 23.1 Å². The molecule has 0 aliphatic heterocycles. The third-order valence-corrected chi connectivity index (χ3v) is 11.4. The number of hydrogen-bond donors (Lipinski definition) is 3. The lowest BCUT2D eigenvalue weighted by molar-refractivity contribution is -0.116. The van der Waals surface area contributed by atoms with E-state index in [-0.39, 0.29) is 11.6 Å². The van der Waals surface area contributed by atoms with E-state index in [0.717, 1.165) is 49.2 Å². The van der Waals surface area contributed by atoms with Crippen molar-refractivity contribution in [1.29, 1.82) is 0 Å². The smallest absolute Gasteiger partial charge is 0.272 e. The first kappa shape index (κ1) is 37.8. The lowest BCUT2D eigenvalue weighted by Crippen LogP contribution is -2.30. The molecule has 0 aliphatic rings. The van der Waals surface area contributed by atoms with Crippen LogP contribution in [0.25, 0.3) is 39.2 Å². The molecule has 282 valence electrons. The van der Waals surface area contributed by atoms with E-state index in [4.69, 9.17) is 4.98 Å². The Morgan fingerprint density at radius 3 is 1.95 bits per heavy atom. The number of aromatic nitrogens is 1. The molecule has 0 aliphatic carbocycles. The minimum atomic E-state index is -0.578. The van der Waals surface area contributed by atoms with E-state index in [1.165, 1.54) is 23.1 Å². The predicted molar refractivity (Wildman–Crippen MR) is 238 cm³/mol. The first-order valence-electron chi connectivity index (χ1n) is 18.6. The Hall–Kier alpha value is -7.07. The van der Waals surface area contributed by atoms with E-state index in [1.54, 1.807) is 42.5 Å². The van der Waals surface area contributed by atoms with Gasteiger partial charge in [0, 0.05) is 27.1 Å². The largest absolute Gasteiger partial charge is 0.321 e. The second-order valence-corrected chi connectivity index (χ2v) is 15.4. The molecule has 0 fully saturated rings. The van der Waals surface area contributed by atoms with E-state index in [9.17, 15) is 14.4 Å². The maximum atomic E-state index is 13.9. The first-order valence-corrected chi connectivity index (χ1v) is 20.3. The zero-order valence-electron chi connectivity index (χ0n) is 31.0. The number of thioether (sulfide) groups is 1. The zero-order chi connectivity index (χ0) is 39.7. The Kier molecular flexibility index (Phi) is 11.6. The lowest BCUT2D eigenvalue weighted by atomic mass is 10.0. The Morgan fingerprint density at radius 2 is 1.22 bits per heavy atom. The highest BCUT2D eigenvalue weighted by atomic mass is 32.2. The van der Waals surface area contributed by atoms with Crippen LogP contribution in [0.5, 0.6) is 0 Å². The third-order valence-electron chi connectivity index (χ3n) is 9.34. The van der Waals surface area contributed by atoms with Crippen molar-refractivity contribution < 1.29 is 14.4 Å². The lowest BCUT2D eigenvalue weighted by Gasteiger charge is -2.17. The van der Waals surface area contributed by atoms with E-state index in [1.807, 2.05) is 127 Å². The van der Waals surface area contributed by atoms with Gasteiger partial charge in [-0.15, -0.1) is 23.1 Å². The van der Waals surface area contributed by atoms with Crippen molar-refractivity contribution in [2.45, 2.75) is 10.1 Å². The fourth-order valence-electron chi connectivity index (χ4n) is 6.35. The van der Waals surface area contributed by atoms with Gasteiger partial charge in [0.15, 0.2) is 5.13 Å². The molecule has 7 aromatic carbocycles. The minimum absolute atomic E-state index is 0.0894. The summed E-state index contributed by atoms with van der Waals surface area (Å²) in [5.41, 5.74) is 6.53. The number of rotatable bonds is 12. The summed E-state index contributed by atoms with van der Waals surface area (Å²) in [6.07, 6.45) is 1.66. The third kappa shape index (κ3) is 9.30. The molecule has 7 nitrogen and oxygen atoms in total. The molecule has 1 atom stereocenters. The van der Waals surface area contributed by atoms with Crippen molar-refractivity contribution in [2.24, 2.45) is 0 Å². The first-order chi connectivity index (χ1) is 28.4. The molecule has 0 bridgehead atoms. The number of thiazole rings is 1. The summed E-state index contributed by atoms with van der Waals surface area (Å²) in [4.78, 5) is 46.5. The number of amides is 3. The van der Waals surface area contributed by atoms with Crippen molar-refractivity contribution in [3.8, 4) is 22.4 Å². The summed E-state index contributed by atoms with van der Waals surface area (Å²) in [7, 11) is 0. The van der Waals surface area contributed by atoms with Gasteiger partial charge in [0.25, 0.3) is 11.8 Å². The molecule has 3 amide bonds. The zero-order valence-corrected chi connectivity index (χ0v) is 32.7. The summed E-state index contributed by atoms with van der Waals surface area (Å²) in [6, 6.07) is 57.9. The fourth-order valence-corrected chi connectivity index (χ4v) is 8.09. The van der Waals surface area contributed by atoms with Gasteiger partial charge in [-0.05, 0) is 81.6 Å². The SMILES string of the molecule is O=C(Nc1ccc(SC(C(=O)Nc2nc(-c3ccc4ccccc4c3)cs2)c2ccccc2)cc1)/C(=C/c1ccc(-c2ccccc2)cc1)NC(=O)c1ccccc1. The minimum Gasteiger partial charge on any atom is -0.321 e. The van der Waals surface area contributed by atoms with Crippen LogP contribution in [0, 0.1) is 0 Å². The number of nitrogens with one attached hydrogen (secondary N) is 3. The van der Waals surface area contributed by atoms with Crippen molar-refractivity contribution in [2.75, 3.05) is 10.6 Å². The summed E-state index contributed by atoms with van der Waals surface area (Å²) in [5, 5.41) is 13.0. The monoisotopic (exact) mass is 792 g/mol. The van der Waals surface area contributed by atoms with Gasteiger partial charge in [-0.1, -0.05) is 140 Å². The molecule has 9 heteroatoms. The maximum absolute atomic E-state index is 13.9. The molecule has 8 rings (SSSR count). The number of carbonyl (C=O) groups is 3. The Bertz CT molecular complexity index is 2720. The Labute approximate surface area is 344 Å². The second kappa shape index (κ2) is 17.8. The Morgan fingerprint density at radius 1 is 0.603 bits per heavy atom. The van der Waals surface area contributed by atoms with Crippen molar-refractivity contribution in [3.63, 3.8) is 0 Å². The van der Waals surface area contributed by atoms with Gasteiger partial charge in [0.1, 0.15) is 10.9 Å². The van der Waals surface area contributed by atoms with Gasteiger partial charge < -0.3 is 16.0 Å². The highest BCUT2D eigenvalue weighted by Gasteiger charge is 2.24. The van der Waals surface area contributed by atoms with Crippen LogP contribution < -0.4 is 16.0 Å². The fraction of sp³-hybridized carbons (Fsp3) is 0.0204. The molecule has 3 N–H and O–H groups in total. The average molecular weight is 793 g/mol. The molecule has 1 unspecified atom stereocenters. The van der Waals surface area contributed by atoms with Crippen molar-refractivity contribution in [1.82, 2.24) is 10.3 Å². The van der Waals surface area contributed by atoms with Crippen LogP contribution in [0.2, 0.25) is 0 Å². The van der Waals surface area contributed by atoms with E-state index < -0.39 is 17.1 Å². The highest BCUT2D eigenvalue weighted by molar-refractivity contribution is 8.00. The molecule has 0 radical (unpaired) electrons. The number of benzene rings is 7. The van der Waals surface area contributed by atoms with Gasteiger partial charge in [-0.3, -0.25) is 14.4 Å². The van der Waals surface area contributed by atoms with Crippen LogP contribution in [0.1, 0.15) is 26.7 Å². The molecule has 0 spiro atoms. The van der Waals surface area contributed by atoms with Gasteiger partial charge in [-0.25, -0.2) is 4.98 Å². The van der Waals surface area contributed by atoms with Crippen molar-refractivity contribution >= 4 is 68.5 Å². The Balaban J connectivity index is 0.975. The van der Waals surface area contributed by atoms with E-state index in [0.29, 0.717) is 16.4 Å². The van der Waals surface area contributed by atoms with Crippen LogP contribution in [-0.4, -0.2) is 22.7 Å². The van der Waals surface area contributed by atoms with Gasteiger partial charge >= 0.3 is 0 Å². The van der Waals surface area contributed by atoms with Crippen molar-refractivity contribution in [3.05, 3.63) is 210 Å². The summed E-state index contributed by atoms with van der Waals surface area (Å²) >= 11 is 2.78.